The van der Waals surface area contributed by atoms with Crippen LogP contribution in [-0.2, 0) is 14.3 Å². The Morgan fingerprint density at radius 2 is 0.703 bits per heavy atom. The van der Waals surface area contributed by atoms with E-state index in [1.807, 2.05) is 0 Å². The van der Waals surface area contributed by atoms with Crippen LogP contribution < -0.4 is 0 Å². The van der Waals surface area contributed by atoms with Gasteiger partial charge in [-0.3, -0.25) is 4.79 Å². The summed E-state index contributed by atoms with van der Waals surface area (Å²) in [6.07, 6.45) is 37.8. The molecule has 0 heterocycles. The summed E-state index contributed by atoms with van der Waals surface area (Å²) >= 11 is 0. The van der Waals surface area contributed by atoms with E-state index >= 15 is 0 Å². The van der Waals surface area contributed by atoms with Gasteiger partial charge in [-0.25, -0.2) is 0 Å². The molecule has 3 heteroatoms. The average molecular weight is 525 g/mol. The van der Waals surface area contributed by atoms with E-state index in [0.717, 1.165) is 32.3 Å². The van der Waals surface area contributed by atoms with Crippen molar-refractivity contribution in [2.75, 3.05) is 19.8 Å². The normalized spacial score (nSPS) is 11.3. The molecule has 0 saturated carbocycles. The maximum absolute atomic E-state index is 11.7. The Kier molecular flexibility index (Phi) is 32.9. The van der Waals surface area contributed by atoms with Gasteiger partial charge in [0.1, 0.15) is 6.61 Å². The van der Waals surface area contributed by atoms with Crippen molar-refractivity contribution >= 4 is 5.97 Å². The molecule has 0 aromatic heterocycles. The smallest absolute Gasteiger partial charge is 0.305 e. The van der Waals surface area contributed by atoms with Crippen LogP contribution in [0.5, 0.6) is 0 Å². The van der Waals surface area contributed by atoms with E-state index in [1.165, 1.54) is 148 Å². The third-order valence-corrected chi connectivity index (χ3v) is 7.62. The Morgan fingerprint density at radius 1 is 0.378 bits per heavy atom. The van der Waals surface area contributed by atoms with Crippen molar-refractivity contribution in [1.29, 1.82) is 0 Å². The second-order valence-electron chi connectivity index (χ2n) is 11.4. The van der Waals surface area contributed by atoms with Gasteiger partial charge in [0, 0.05) is 13.0 Å². The molecule has 0 unspecified atom stereocenters. The highest BCUT2D eigenvalue weighted by Gasteiger charge is 2.02. The van der Waals surface area contributed by atoms with E-state index in [1.54, 1.807) is 0 Å². The van der Waals surface area contributed by atoms with Crippen LogP contribution in [0.3, 0.4) is 0 Å². The minimum absolute atomic E-state index is 0.0619. The summed E-state index contributed by atoms with van der Waals surface area (Å²) in [4.78, 5) is 11.7. The molecule has 0 aliphatic heterocycles. The lowest BCUT2D eigenvalue weighted by Crippen LogP contribution is -2.10. The Morgan fingerprint density at radius 3 is 1.05 bits per heavy atom. The van der Waals surface area contributed by atoms with Crippen molar-refractivity contribution in [3.63, 3.8) is 0 Å². The predicted octanol–water partition coefficient (Wildman–Crippen LogP) is 11.5. The van der Waals surface area contributed by atoms with E-state index in [0.29, 0.717) is 19.6 Å². The molecule has 0 radical (unpaired) electrons. The summed E-state index contributed by atoms with van der Waals surface area (Å²) in [5.74, 6) is -0.0619. The van der Waals surface area contributed by atoms with Gasteiger partial charge in [-0.15, -0.1) is 0 Å². The van der Waals surface area contributed by atoms with Gasteiger partial charge >= 0.3 is 5.97 Å². The van der Waals surface area contributed by atoms with E-state index in [2.05, 4.69) is 13.8 Å². The Hall–Kier alpha value is -0.570. The zero-order valence-corrected chi connectivity index (χ0v) is 25.6. The molecule has 0 aliphatic rings. The number of unbranched alkanes of at least 4 members (excludes halogenated alkanes) is 25. The maximum Gasteiger partial charge on any atom is 0.305 e. The lowest BCUT2D eigenvalue weighted by Gasteiger charge is -2.06. The molecule has 37 heavy (non-hydrogen) atoms. The molecule has 0 amide bonds. The number of rotatable bonds is 32. The predicted molar refractivity (Wildman–Crippen MR) is 162 cm³/mol. The Labute approximate surface area is 233 Å². The lowest BCUT2D eigenvalue weighted by molar-refractivity contribution is -0.145. The van der Waals surface area contributed by atoms with E-state index < -0.39 is 0 Å². The standard InChI is InChI=1S/C34H68O3/c1-3-5-7-8-9-10-11-12-13-14-15-16-17-18-19-20-21-22-23-24-25-26-27-28-29-30-34(35)37-33-32-36-31-6-4-2/h3-33H2,1-2H3. The number of carbonyl (C=O) groups excluding carboxylic acids is 1. The fourth-order valence-electron chi connectivity index (χ4n) is 5.04. The fraction of sp³-hybridized carbons (Fsp3) is 0.971. The summed E-state index contributed by atoms with van der Waals surface area (Å²) in [7, 11) is 0. The summed E-state index contributed by atoms with van der Waals surface area (Å²) in [5, 5.41) is 0. The molecule has 0 atom stereocenters. The first kappa shape index (κ1) is 36.4. The first-order valence-electron chi connectivity index (χ1n) is 17.0. The van der Waals surface area contributed by atoms with Crippen LogP contribution in [0, 0.1) is 0 Å². The average Bonchev–Trinajstić information content (AvgIpc) is 2.90. The van der Waals surface area contributed by atoms with Gasteiger partial charge in [-0.2, -0.15) is 0 Å². The molecule has 0 saturated heterocycles. The van der Waals surface area contributed by atoms with Gasteiger partial charge in [0.05, 0.1) is 6.61 Å². The van der Waals surface area contributed by atoms with Crippen molar-refractivity contribution < 1.29 is 14.3 Å². The number of carbonyl (C=O) groups is 1. The van der Waals surface area contributed by atoms with Gasteiger partial charge in [0.25, 0.3) is 0 Å². The molecule has 0 aromatic rings. The molecule has 0 spiro atoms. The third-order valence-electron chi connectivity index (χ3n) is 7.62. The summed E-state index contributed by atoms with van der Waals surface area (Å²) in [6, 6.07) is 0. The number of ether oxygens (including phenoxy) is 2. The van der Waals surface area contributed by atoms with Crippen molar-refractivity contribution in [2.24, 2.45) is 0 Å². The molecule has 0 N–H and O–H groups in total. The van der Waals surface area contributed by atoms with E-state index in [9.17, 15) is 4.79 Å². The second kappa shape index (κ2) is 33.5. The van der Waals surface area contributed by atoms with Crippen LogP contribution in [-0.4, -0.2) is 25.8 Å². The first-order valence-corrected chi connectivity index (χ1v) is 17.0. The van der Waals surface area contributed by atoms with Crippen LogP contribution in [0.1, 0.15) is 194 Å². The molecular weight excluding hydrogens is 456 g/mol. The van der Waals surface area contributed by atoms with E-state index in [-0.39, 0.29) is 5.97 Å². The highest BCUT2D eigenvalue weighted by Crippen LogP contribution is 2.16. The summed E-state index contributed by atoms with van der Waals surface area (Å²) in [5.41, 5.74) is 0. The van der Waals surface area contributed by atoms with Crippen LogP contribution >= 0.6 is 0 Å². The van der Waals surface area contributed by atoms with Gasteiger partial charge in [-0.1, -0.05) is 174 Å². The van der Waals surface area contributed by atoms with Gasteiger partial charge in [0.15, 0.2) is 0 Å². The number of hydrogen-bond acceptors (Lipinski definition) is 3. The zero-order chi connectivity index (χ0) is 26.9. The topological polar surface area (TPSA) is 35.5 Å². The Balaban J connectivity index is 3.09. The molecule has 0 bridgehead atoms. The zero-order valence-electron chi connectivity index (χ0n) is 25.6. The van der Waals surface area contributed by atoms with Crippen molar-refractivity contribution in [2.45, 2.75) is 194 Å². The van der Waals surface area contributed by atoms with Gasteiger partial charge in [0.2, 0.25) is 0 Å². The quantitative estimate of drug-likeness (QED) is 0.0648. The largest absolute Gasteiger partial charge is 0.463 e. The molecule has 222 valence electrons. The van der Waals surface area contributed by atoms with E-state index in [4.69, 9.17) is 9.47 Å². The van der Waals surface area contributed by atoms with Gasteiger partial charge in [-0.05, 0) is 12.8 Å². The minimum Gasteiger partial charge on any atom is -0.463 e. The number of hydrogen-bond donors (Lipinski definition) is 0. The first-order chi connectivity index (χ1) is 18.3. The van der Waals surface area contributed by atoms with Crippen LogP contribution in [0.25, 0.3) is 0 Å². The SMILES string of the molecule is CCCCCCCCCCCCCCCCCCCCCCCCCCCC(=O)OCCOCCCC. The molecule has 0 aliphatic carbocycles. The highest BCUT2D eigenvalue weighted by atomic mass is 16.6. The maximum atomic E-state index is 11.7. The molecule has 0 rings (SSSR count). The van der Waals surface area contributed by atoms with Crippen LogP contribution in [0.2, 0.25) is 0 Å². The summed E-state index contributed by atoms with van der Waals surface area (Å²) < 4.78 is 10.6. The summed E-state index contributed by atoms with van der Waals surface area (Å²) in [6.45, 7) is 6.15. The monoisotopic (exact) mass is 525 g/mol. The molecule has 0 fully saturated rings. The van der Waals surface area contributed by atoms with Crippen molar-refractivity contribution in [3.8, 4) is 0 Å². The van der Waals surface area contributed by atoms with Crippen molar-refractivity contribution in [1.82, 2.24) is 0 Å². The molecule has 0 aromatic carbocycles. The lowest BCUT2D eigenvalue weighted by atomic mass is 10.0. The minimum atomic E-state index is -0.0619. The molecular formula is C34H68O3. The Bertz CT molecular complexity index is 423. The van der Waals surface area contributed by atoms with Crippen LogP contribution in [0.15, 0.2) is 0 Å². The third kappa shape index (κ3) is 33.4. The van der Waals surface area contributed by atoms with Gasteiger partial charge < -0.3 is 9.47 Å². The number of esters is 1. The van der Waals surface area contributed by atoms with Crippen molar-refractivity contribution in [3.05, 3.63) is 0 Å². The molecule has 3 nitrogen and oxygen atoms in total. The highest BCUT2D eigenvalue weighted by molar-refractivity contribution is 5.69. The second-order valence-corrected chi connectivity index (χ2v) is 11.4. The fourth-order valence-corrected chi connectivity index (χ4v) is 5.04. The van der Waals surface area contributed by atoms with Crippen LogP contribution in [0.4, 0.5) is 0 Å².